The Kier molecular flexibility index (Phi) is 2.30. The molecule has 2 unspecified atom stereocenters. The molecule has 2 nitrogen and oxygen atoms in total. The molecule has 10 heavy (non-hydrogen) atoms. The quantitative estimate of drug-likeness (QED) is 0.407. The summed E-state index contributed by atoms with van der Waals surface area (Å²) < 4.78 is 0. The Morgan fingerprint density at radius 1 is 1.40 bits per heavy atom. The van der Waals surface area contributed by atoms with Crippen LogP contribution in [0.1, 0.15) is 33.1 Å². The first kappa shape index (κ1) is 7.58. The van der Waals surface area contributed by atoms with Crippen molar-refractivity contribution in [3.05, 3.63) is 0 Å². The fourth-order valence-corrected chi connectivity index (χ4v) is 1.44. The van der Waals surface area contributed by atoms with Gasteiger partial charge in [0, 0.05) is 0 Å². The van der Waals surface area contributed by atoms with E-state index in [1.807, 2.05) is 0 Å². The molecule has 0 radical (unpaired) electrons. The highest BCUT2D eigenvalue weighted by molar-refractivity contribution is 5.84. The Balaban J connectivity index is 2.48. The van der Waals surface area contributed by atoms with Crippen LogP contribution in [0.25, 0.3) is 0 Å². The maximum atomic E-state index is 8.48. The predicted molar refractivity (Wildman–Crippen MR) is 41.4 cm³/mol. The van der Waals surface area contributed by atoms with Crippen LogP contribution in [-0.4, -0.2) is 10.9 Å². The van der Waals surface area contributed by atoms with E-state index in [1.165, 1.54) is 6.42 Å². The molecule has 1 fully saturated rings. The molecule has 2 atom stereocenters. The van der Waals surface area contributed by atoms with Crippen molar-refractivity contribution in [3.8, 4) is 0 Å². The maximum Gasteiger partial charge on any atom is 0.0573 e. The van der Waals surface area contributed by atoms with Gasteiger partial charge in [-0.2, -0.15) is 0 Å². The Bertz CT molecular complexity index is 142. The van der Waals surface area contributed by atoms with E-state index in [4.69, 9.17) is 5.21 Å². The zero-order valence-electron chi connectivity index (χ0n) is 6.67. The lowest BCUT2D eigenvalue weighted by Crippen LogP contribution is -2.20. The SMILES string of the molecule is CC1CCC(=NO)CC1C. The number of rotatable bonds is 0. The van der Waals surface area contributed by atoms with Crippen molar-refractivity contribution in [3.63, 3.8) is 0 Å². The molecule has 0 spiro atoms. The zero-order chi connectivity index (χ0) is 7.56. The lowest BCUT2D eigenvalue weighted by Gasteiger charge is -2.25. The molecule has 1 rings (SSSR count). The summed E-state index contributed by atoms with van der Waals surface area (Å²) in [4.78, 5) is 0. The molecule has 0 aliphatic heterocycles. The average molecular weight is 141 g/mol. The van der Waals surface area contributed by atoms with Crippen LogP contribution in [0.15, 0.2) is 5.16 Å². The molecule has 0 aromatic heterocycles. The maximum absolute atomic E-state index is 8.48. The number of hydrogen-bond donors (Lipinski definition) is 1. The van der Waals surface area contributed by atoms with E-state index in [9.17, 15) is 0 Å². The second kappa shape index (κ2) is 3.04. The van der Waals surface area contributed by atoms with Crippen LogP contribution >= 0.6 is 0 Å². The van der Waals surface area contributed by atoms with E-state index >= 15 is 0 Å². The van der Waals surface area contributed by atoms with Crippen molar-refractivity contribution < 1.29 is 5.21 Å². The largest absolute Gasteiger partial charge is 0.411 e. The predicted octanol–water partition coefficient (Wildman–Crippen LogP) is 2.27. The van der Waals surface area contributed by atoms with E-state index in [0.29, 0.717) is 5.92 Å². The molecule has 0 saturated heterocycles. The van der Waals surface area contributed by atoms with E-state index < -0.39 is 0 Å². The highest BCUT2D eigenvalue weighted by Crippen LogP contribution is 2.27. The average Bonchev–Trinajstić information content (AvgIpc) is 1.95. The van der Waals surface area contributed by atoms with Crippen LogP contribution in [0.3, 0.4) is 0 Å². The highest BCUT2D eigenvalue weighted by atomic mass is 16.4. The summed E-state index contributed by atoms with van der Waals surface area (Å²) in [6, 6.07) is 0. The molecule has 1 aliphatic carbocycles. The lowest BCUT2D eigenvalue weighted by molar-refractivity contribution is 0.298. The van der Waals surface area contributed by atoms with Crippen LogP contribution in [0.4, 0.5) is 0 Å². The van der Waals surface area contributed by atoms with Crippen LogP contribution < -0.4 is 0 Å². The van der Waals surface area contributed by atoms with Crippen molar-refractivity contribution in [2.45, 2.75) is 33.1 Å². The van der Waals surface area contributed by atoms with Gasteiger partial charge in [0.15, 0.2) is 0 Å². The summed E-state index contributed by atoms with van der Waals surface area (Å²) in [5, 5.41) is 11.7. The van der Waals surface area contributed by atoms with Gasteiger partial charge in [-0.3, -0.25) is 0 Å². The third-order valence-electron chi connectivity index (χ3n) is 2.56. The minimum absolute atomic E-state index is 0.694. The molecule has 58 valence electrons. The summed E-state index contributed by atoms with van der Waals surface area (Å²) in [6.45, 7) is 4.48. The fraction of sp³-hybridized carbons (Fsp3) is 0.875. The molecule has 0 heterocycles. The van der Waals surface area contributed by atoms with Crippen molar-refractivity contribution in [2.24, 2.45) is 17.0 Å². The smallest absolute Gasteiger partial charge is 0.0573 e. The van der Waals surface area contributed by atoms with Crippen molar-refractivity contribution in [2.75, 3.05) is 0 Å². The monoisotopic (exact) mass is 141 g/mol. The first-order chi connectivity index (χ1) is 4.74. The van der Waals surface area contributed by atoms with Crippen LogP contribution in [0.5, 0.6) is 0 Å². The van der Waals surface area contributed by atoms with Crippen molar-refractivity contribution in [1.29, 1.82) is 0 Å². The van der Waals surface area contributed by atoms with Gasteiger partial charge in [0.05, 0.1) is 5.71 Å². The van der Waals surface area contributed by atoms with Gasteiger partial charge in [0.1, 0.15) is 0 Å². The van der Waals surface area contributed by atoms with Crippen LogP contribution in [-0.2, 0) is 0 Å². The third-order valence-corrected chi connectivity index (χ3v) is 2.56. The van der Waals surface area contributed by atoms with Gasteiger partial charge in [-0.1, -0.05) is 19.0 Å². The second-order valence-electron chi connectivity index (χ2n) is 3.36. The minimum Gasteiger partial charge on any atom is -0.411 e. The summed E-state index contributed by atoms with van der Waals surface area (Å²) in [5.74, 6) is 1.49. The Hall–Kier alpha value is -0.530. The summed E-state index contributed by atoms with van der Waals surface area (Å²) in [6.07, 6.45) is 3.15. The fourth-order valence-electron chi connectivity index (χ4n) is 1.44. The van der Waals surface area contributed by atoms with Gasteiger partial charge in [0.25, 0.3) is 0 Å². The molecule has 1 N–H and O–H groups in total. The first-order valence-corrected chi connectivity index (χ1v) is 3.94. The zero-order valence-corrected chi connectivity index (χ0v) is 6.67. The summed E-state index contributed by atoms with van der Waals surface area (Å²) in [7, 11) is 0. The first-order valence-electron chi connectivity index (χ1n) is 3.94. The topological polar surface area (TPSA) is 32.6 Å². The molecule has 1 aliphatic rings. The highest BCUT2D eigenvalue weighted by Gasteiger charge is 2.20. The van der Waals surface area contributed by atoms with E-state index in [0.717, 1.165) is 24.5 Å². The Morgan fingerprint density at radius 2 is 2.10 bits per heavy atom. The van der Waals surface area contributed by atoms with E-state index in [2.05, 4.69) is 19.0 Å². The van der Waals surface area contributed by atoms with Gasteiger partial charge >= 0.3 is 0 Å². The standard InChI is InChI=1S/C8H15NO/c1-6-3-4-8(9-10)5-7(6)2/h6-7,10H,3-5H2,1-2H3. The van der Waals surface area contributed by atoms with E-state index in [-0.39, 0.29) is 0 Å². The molecule has 0 aromatic rings. The molecule has 1 saturated carbocycles. The number of nitrogens with zero attached hydrogens (tertiary/aromatic N) is 1. The summed E-state index contributed by atoms with van der Waals surface area (Å²) in [5.41, 5.74) is 0.977. The number of oxime groups is 1. The molecular formula is C8H15NO. The lowest BCUT2D eigenvalue weighted by atomic mass is 9.81. The Morgan fingerprint density at radius 3 is 2.60 bits per heavy atom. The minimum atomic E-state index is 0.694. The normalized spacial score (nSPS) is 38.4. The van der Waals surface area contributed by atoms with Gasteiger partial charge < -0.3 is 5.21 Å². The van der Waals surface area contributed by atoms with E-state index in [1.54, 1.807) is 0 Å². The molecule has 0 aromatic carbocycles. The third kappa shape index (κ3) is 1.49. The van der Waals surface area contributed by atoms with Crippen LogP contribution in [0.2, 0.25) is 0 Å². The summed E-state index contributed by atoms with van der Waals surface area (Å²) >= 11 is 0. The van der Waals surface area contributed by atoms with Crippen LogP contribution in [0, 0.1) is 11.8 Å². The van der Waals surface area contributed by atoms with Gasteiger partial charge in [-0.05, 0) is 31.1 Å². The Labute approximate surface area is 61.9 Å². The van der Waals surface area contributed by atoms with Crippen molar-refractivity contribution in [1.82, 2.24) is 0 Å². The van der Waals surface area contributed by atoms with Crippen molar-refractivity contribution >= 4 is 5.71 Å². The number of hydrogen-bond acceptors (Lipinski definition) is 2. The second-order valence-corrected chi connectivity index (χ2v) is 3.36. The van der Waals surface area contributed by atoms with Gasteiger partial charge in [-0.15, -0.1) is 0 Å². The molecular weight excluding hydrogens is 126 g/mol. The van der Waals surface area contributed by atoms with Gasteiger partial charge in [0.2, 0.25) is 0 Å². The molecule has 0 bridgehead atoms. The molecule has 2 heteroatoms. The molecule has 0 amide bonds. The van der Waals surface area contributed by atoms with Gasteiger partial charge in [-0.25, -0.2) is 0 Å².